The maximum atomic E-state index is 11.8. The van der Waals surface area contributed by atoms with E-state index in [1.165, 1.54) is 0 Å². The number of aliphatic imine (C=N–C) groups is 1. The fourth-order valence-electron chi connectivity index (χ4n) is 1.74. The summed E-state index contributed by atoms with van der Waals surface area (Å²) >= 11 is 3.36. The molecule has 0 N–H and O–H groups in total. The smallest absolute Gasteiger partial charge is 0.363 e. The predicted molar refractivity (Wildman–Crippen MR) is 79.0 cm³/mol. The first-order valence-electron chi connectivity index (χ1n) is 5.91. The average molecular weight is 329 g/mol. The van der Waals surface area contributed by atoms with Crippen molar-refractivity contribution in [1.82, 2.24) is 4.98 Å². The van der Waals surface area contributed by atoms with Crippen molar-refractivity contribution in [2.45, 2.75) is 0 Å². The minimum Gasteiger partial charge on any atom is -0.402 e. The second-order valence-corrected chi connectivity index (χ2v) is 5.04. The molecule has 2 aromatic rings. The molecule has 1 aliphatic rings. The van der Waals surface area contributed by atoms with E-state index in [4.69, 9.17) is 4.74 Å². The highest BCUT2D eigenvalue weighted by molar-refractivity contribution is 9.10. The lowest BCUT2D eigenvalue weighted by molar-refractivity contribution is -0.129. The van der Waals surface area contributed by atoms with Crippen LogP contribution in [0.25, 0.3) is 6.08 Å². The lowest BCUT2D eigenvalue weighted by Crippen LogP contribution is -2.05. The van der Waals surface area contributed by atoms with Gasteiger partial charge in [-0.05, 0) is 35.9 Å². The van der Waals surface area contributed by atoms with Gasteiger partial charge in [0.1, 0.15) is 0 Å². The Morgan fingerprint density at radius 1 is 1.15 bits per heavy atom. The first kappa shape index (κ1) is 12.7. The number of hydrogen-bond donors (Lipinski definition) is 0. The number of cyclic esters (lactones) is 1. The summed E-state index contributed by atoms with van der Waals surface area (Å²) in [4.78, 5) is 20.0. The van der Waals surface area contributed by atoms with Crippen molar-refractivity contribution in [3.8, 4) is 0 Å². The van der Waals surface area contributed by atoms with Gasteiger partial charge >= 0.3 is 5.97 Å². The SMILES string of the molecule is O=C1OC(c2cccnc2)=NC1=Cc1ccc(Br)cc1. The van der Waals surface area contributed by atoms with Crippen LogP contribution in [0.2, 0.25) is 0 Å². The predicted octanol–water partition coefficient (Wildman–Crippen LogP) is 3.19. The van der Waals surface area contributed by atoms with E-state index >= 15 is 0 Å². The zero-order chi connectivity index (χ0) is 13.9. The van der Waals surface area contributed by atoms with Crippen molar-refractivity contribution in [3.05, 3.63) is 70.1 Å². The number of nitrogens with zero attached hydrogens (tertiary/aromatic N) is 2. The van der Waals surface area contributed by atoms with Crippen molar-refractivity contribution in [2.24, 2.45) is 4.99 Å². The summed E-state index contributed by atoms with van der Waals surface area (Å²) in [5.74, 6) is -0.168. The standard InChI is InChI=1S/C15H9BrN2O2/c16-12-5-3-10(4-6-12)8-13-15(19)20-14(18-13)11-2-1-7-17-9-11/h1-9H. The molecular weight excluding hydrogens is 320 g/mol. The largest absolute Gasteiger partial charge is 0.402 e. The summed E-state index contributed by atoms with van der Waals surface area (Å²) in [5.41, 5.74) is 1.85. The van der Waals surface area contributed by atoms with Gasteiger partial charge in [0.25, 0.3) is 0 Å². The molecule has 20 heavy (non-hydrogen) atoms. The molecular formula is C15H9BrN2O2. The summed E-state index contributed by atoms with van der Waals surface area (Å²) in [5, 5.41) is 0. The highest BCUT2D eigenvalue weighted by Gasteiger charge is 2.24. The third kappa shape index (κ3) is 2.67. The van der Waals surface area contributed by atoms with Crippen LogP contribution in [0.4, 0.5) is 0 Å². The molecule has 0 saturated heterocycles. The minimum atomic E-state index is -0.452. The number of hydrogen-bond acceptors (Lipinski definition) is 4. The van der Waals surface area contributed by atoms with E-state index in [-0.39, 0.29) is 11.6 Å². The third-order valence-corrected chi connectivity index (χ3v) is 3.23. The van der Waals surface area contributed by atoms with Crippen LogP contribution in [0.5, 0.6) is 0 Å². The monoisotopic (exact) mass is 328 g/mol. The molecule has 98 valence electrons. The number of halogens is 1. The molecule has 1 aliphatic heterocycles. The van der Waals surface area contributed by atoms with Gasteiger partial charge in [-0.1, -0.05) is 28.1 Å². The molecule has 3 rings (SSSR count). The molecule has 0 spiro atoms. The van der Waals surface area contributed by atoms with Gasteiger partial charge in [0.05, 0.1) is 5.56 Å². The van der Waals surface area contributed by atoms with Gasteiger partial charge in [-0.2, -0.15) is 0 Å². The molecule has 0 saturated carbocycles. The number of rotatable bonds is 2. The number of pyridine rings is 1. The maximum Gasteiger partial charge on any atom is 0.363 e. The first-order chi connectivity index (χ1) is 9.72. The minimum absolute atomic E-state index is 0.283. The summed E-state index contributed by atoms with van der Waals surface area (Å²) < 4.78 is 6.13. The van der Waals surface area contributed by atoms with Crippen molar-refractivity contribution < 1.29 is 9.53 Å². The number of aromatic nitrogens is 1. The van der Waals surface area contributed by atoms with Crippen LogP contribution in [0.1, 0.15) is 11.1 Å². The Balaban J connectivity index is 1.92. The van der Waals surface area contributed by atoms with Crippen LogP contribution in [0, 0.1) is 0 Å². The van der Waals surface area contributed by atoms with Crippen LogP contribution >= 0.6 is 15.9 Å². The van der Waals surface area contributed by atoms with Crippen molar-refractivity contribution >= 4 is 33.9 Å². The molecule has 0 unspecified atom stereocenters. The normalized spacial score (nSPS) is 16.1. The number of benzene rings is 1. The van der Waals surface area contributed by atoms with Crippen LogP contribution < -0.4 is 0 Å². The Morgan fingerprint density at radius 3 is 2.65 bits per heavy atom. The molecule has 2 heterocycles. The van der Waals surface area contributed by atoms with E-state index in [0.29, 0.717) is 5.56 Å². The summed E-state index contributed by atoms with van der Waals surface area (Å²) in [6.45, 7) is 0. The number of esters is 1. The van der Waals surface area contributed by atoms with E-state index in [0.717, 1.165) is 10.0 Å². The van der Waals surface area contributed by atoms with Crippen LogP contribution in [-0.4, -0.2) is 16.9 Å². The average Bonchev–Trinajstić information content (AvgIpc) is 2.84. The molecule has 4 nitrogen and oxygen atoms in total. The molecule has 1 aromatic heterocycles. The Kier molecular flexibility index (Phi) is 3.43. The zero-order valence-corrected chi connectivity index (χ0v) is 11.9. The maximum absolute atomic E-state index is 11.8. The van der Waals surface area contributed by atoms with E-state index in [9.17, 15) is 4.79 Å². The first-order valence-corrected chi connectivity index (χ1v) is 6.70. The lowest BCUT2D eigenvalue weighted by atomic mass is 10.2. The molecule has 0 aliphatic carbocycles. The fourth-order valence-corrected chi connectivity index (χ4v) is 2.00. The van der Waals surface area contributed by atoms with E-state index in [1.54, 1.807) is 30.6 Å². The quantitative estimate of drug-likeness (QED) is 0.628. The summed E-state index contributed by atoms with van der Waals surface area (Å²) in [6, 6.07) is 11.1. The van der Waals surface area contributed by atoms with Crippen molar-refractivity contribution in [1.29, 1.82) is 0 Å². The van der Waals surface area contributed by atoms with Gasteiger partial charge in [-0.3, -0.25) is 4.98 Å². The Hall–Kier alpha value is -2.27. The molecule has 0 amide bonds. The topological polar surface area (TPSA) is 51.5 Å². The molecule has 0 bridgehead atoms. The Morgan fingerprint density at radius 2 is 1.95 bits per heavy atom. The second kappa shape index (κ2) is 5.38. The molecule has 0 radical (unpaired) electrons. The van der Waals surface area contributed by atoms with Gasteiger partial charge in [0.15, 0.2) is 5.70 Å². The van der Waals surface area contributed by atoms with Gasteiger partial charge in [0, 0.05) is 16.9 Å². The van der Waals surface area contributed by atoms with Crippen LogP contribution in [0.15, 0.2) is 64.0 Å². The number of carbonyl (C=O) groups excluding carboxylic acids is 1. The molecule has 0 fully saturated rings. The second-order valence-electron chi connectivity index (χ2n) is 4.13. The number of carbonyl (C=O) groups is 1. The van der Waals surface area contributed by atoms with Crippen LogP contribution in [0.3, 0.4) is 0 Å². The highest BCUT2D eigenvalue weighted by Crippen LogP contribution is 2.19. The zero-order valence-electron chi connectivity index (χ0n) is 10.3. The number of ether oxygens (including phenoxy) is 1. The van der Waals surface area contributed by atoms with Crippen LogP contribution in [-0.2, 0) is 9.53 Å². The van der Waals surface area contributed by atoms with E-state index < -0.39 is 5.97 Å². The lowest BCUT2D eigenvalue weighted by Gasteiger charge is -1.96. The Labute approximate surface area is 124 Å². The third-order valence-electron chi connectivity index (χ3n) is 2.70. The van der Waals surface area contributed by atoms with Gasteiger partial charge in [-0.25, -0.2) is 9.79 Å². The van der Waals surface area contributed by atoms with Gasteiger partial charge < -0.3 is 4.74 Å². The summed E-state index contributed by atoms with van der Waals surface area (Å²) in [7, 11) is 0. The molecule has 5 heteroatoms. The molecule has 1 aromatic carbocycles. The summed E-state index contributed by atoms with van der Waals surface area (Å²) in [6.07, 6.45) is 4.95. The van der Waals surface area contributed by atoms with Gasteiger partial charge in [0.2, 0.25) is 5.90 Å². The van der Waals surface area contributed by atoms with E-state index in [1.807, 2.05) is 24.3 Å². The fraction of sp³-hybridized carbons (Fsp3) is 0. The van der Waals surface area contributed by atoms with Gasteiger partial charge in [-0.15, -0.1) is 0 Å². The van der Waals surface area contributed by atoms with E-state index in [2.05, 4.69) is 25.9 Å². The van der Waals surface area contributed by atoms with Crippen molar-refractivity contribution in [3.63, 3.8) is 0 Å². The highest BCUT2D eigenvalue weighted by atomic mass is 79.9. The Bertz CT molecular complexity index is 706. The molecule has 0 atom stereocenters. The van der Waals surface area contributed by atoms with Crippen molar-refractivity contribution in [2.75, 3.05) is 0 Å².